The molecule has 2 N–H and O–H groups in total. The Bertz CT molecular complexity index is 1270. The van der Waals surface area contributed by atoms with Crippen LogP contribution in [0.3, 0.4) is 0 Å². The van der Waals surface area contributed by atoms with Crippen LogP contribution in [0.15, 0.2) is 70.0 Å². The van der Waals surface area contributed by atoms with Gasteiger partial charge in [-0.05, 0) is 74.7 Å². The number of furan rings is 1. The number of hydrogen-bond donors (Lipinski definition) is 2. The molecule has 3 aliphatic heterocycles. The lowest BCUT2D eigenvalue weighted by Gasteiger charge is -2.44. The number of hydrogen-bond acceptors (Lipinski definition) is 5. The molecule has 2 aromatic carbocycles. The molecular weight excluding hydrogens is 476 g/mol. The lowest BCUT2D eigenvalue weighted by molar-refractivity contribution is 0.0606. The summed E-state index contributed by atoms with van der Waals surface area (Å²) in [6, 6.07) is 17.5. The highest BCUT2D eigenvalue weighted by atomic mass is 35.5. The molecule has 9 heteroatoms. The highest BCUT2D eigenvalue weighted by Gasteiger charge is 2.35. The molecule has 7 nitrogen and oxygen atoms in total. The van der Waals surface area contributed by atoms with Gasteiger partial charge in [0, 0.05) is 23.2 Å². The van der Waals surface area contributed by atoms with Crippen molar-refractivity contribution in [1.29, 1.82) is 0 Å². The van der Waals surface area contributed by atoms with Gasteiger partial charge in [-0.1, -0.05) is 41.9 Å². The number of carbonyl (C=O) groups excluding carboxylic acids is 1. The van der Waals surface area contributed by atoms with Gasteiger partial charge in [0.05, 0.1) is 4.90 Å². The second kappa shape index (κ2) is 10.3. The van der Waals surface area contributed by atoms with E-state index < -0.39 is 10.1 Å². The number of nitrogens with one attached hydrogen (secondary N) is 1. The summed E-state index contributed by atoms with van der Waals surface area (Å²) in [6.07, 6.45) is 2.35. The molecule has 6 rings (SSSR count). The quantitative estimate of drug-likeness (QED) is 0.503. The molecule has 3 saturated heterocycles. The van der Waals surface area contributed by atoms with Gasteiger partial charge in [-0.15, -0.1) is 0 Å². The Balaban J connectivity index is 0.000000210. The van der Waals surface area contributed by atoms with E-state index >= 15 is 0 Å². The van der Waals surface area contributed by atoms with Crippen LogP contribution in [-0.4, -0.2) is 49.5 Å². The molecule has 0 radical (unpaired) electrons. The second-order valence-corrected chi connectivity index (χ2v) is 10.5. The molecule has 1 amide bonds. The number of halogens is 1. The molecule has 0 unspecified atom stereocenters. The van der Waals surface area contributed by atoms with E-state index in [9.17, 15) is 13.2 Å². The third kappa shape index (κ3) is 5.88. The summed E-state index contributed by atoms with van der Waals surface area (Å²) in [5, 5.41) is 3.79. The Morgan fingerprint density at radius 2 is 1.82 bits per heavy atom. The molecule has 180 valence electrons. The Labute approximate surface area is 204 Å². The molecular formula is C25H27ClN2O5S. The van der Waals surface area contributed by atoms with E-state index in [2.05, 4.69) is 10.2 Å². The largest absolute Gasteiger partial charge is 0.451 e. The third-order valence-electron chi connectivity index (χ3n) is 6.28. The summed E-state index contributed by atoms with van der Waals surface area (Å²) < 4.78 is 35.6. The van der Waals surface area contributed by atoms with Crippen LogP contribution in [0.4, 0.5) is 0 Å². The fourth-order valence-electron chi connectivity index (χ4n) is 4.47. The van der Waals surface area contributed by atoms with Crippen molar-refractivity contribution in [2.45, 2.75) is 30.7 Å². The minimum Gasteiger partial charge on any atom is -0.451 e. The summed E-state index contributed by atoms with van der Waals surface area (Å²) in [7, 11) is -4.03. The van der Waals surface area contributed by atoms with Crippen molar-refractivity contribution in [2.24, 2.45) is 5.92 Å². The topological polar surface area (TPSA) is 99.8 Å². The first kappa shape index (κ1) is 24.5. The van der Waals surface area contributed by atoms with Crippen LogP contribution in [0, 0.1) is 12.8 Å². The molecule has 3 fully saturated rings. The minimum absolute atomic E-state index is 0.0278. The van der Waals surface area contributed by atoms with Gasteiger partial charge in [-0.25, -0.2) is 0 Å². The van der Waals surface area contributed by atoms with E-state index in [-0.39, 0.29) is 16.8 Å². The van der Waals surface area contributed by atoms with Crippen molar-refractivity contribution < 1.29 is 22.2 Å². The zero-order chi connectivity index (χ0) is 24.3. The van der Waals surface area contributed by atoms with Crippen molar-refractivity contribution in [1.82, 2.24) is 10.2 Å². The van der Waals surface area contributed by atoms with Gasteiger partial charge in [0.2, 0.25) is 0 Å². The van der Waals surface area contributed by atoms with E-state index in [0.29, 0.717) is 28.0 Å². The number of nitrogens with zero attached hydrogens (tertiary/aromatic N) is 1. The van der Waals surface area contributed by atoms with Gasteiger partial charge in [-0.3, -0.25) is 9.35 Å². The molecule has 4 heterocycles. The maximum Gasteiger partial charge on any atom is 0.294 e. The van der Waals surface area contributed by atoms with Gasteiger partial charge < -0.3 is 14.6 Å². The average molecular weight is 503 g/mol. The number of fused-ring (bicyclic) bond motifs is 3. The van der Waals surface area contributed by atoms with Gasteiger partial charge >= 0.3 is 0 Å². The molecule has 0 saturated carbocycles. The predicted octanol–water partition coefficient (Wildman–Crippen LogP) is 4.67. The van der Waals surface area contributed by atoms with Gasteiger partial charge in [0.25, 0.3) is 16.0 Å². The maximum atomic E-state index is 12.5. The SMILES string of the molecule is Cc1ccccc1S(=O)(=O)O.O=C(N[C@H]1CN2CCC1CC2)c1ccc(-c2cccc(Cl)c2)o1. The number of piperidine rings is 3. The monoisotopic (exact) mass is 502 g/mol. The van der Waals surface area contributed by atoms with Crippen molar-refractivity contribution >= 4 is 27.6 Å². The maximum absolute atomic E-state index is 12.5. The lowest BCUT2D eigenvalue weighted by Crippen LogP contribution is -2.57. The molecule has 1 aromatic heterocycles. The number of amides is 1. The predicted molar refractivity (Wildman–Crippen MR) is 131 cm³/mol. The lowest BCUT2D eigenvalue weighted by atomic mass is 9.84. The van der Waals surface area contributed by atoms with Gasteiger partial charge in [-0.2, -0.15) is 8.42 Å². The van der Waals surface area contributed by atoms with Crippen molar-refractivity contribution in [3.63, 3.8) is 0 Å². The zero-order valence-corrected chi connectivity index (χ0v) is 20.3. The van der Waals surface area contributed by atoms with Crippen LogP contribution in [0.1, 0.15) is 29.0 Å². The summed E-state index contributed by atoms with van der Waals surface area (Å²) in [4.78, 5) is 14.8. The Morgan fingerprint density at radius 1 is 1.09 bits per heavy atom. The summed E-state index contributed by atoms with van der Waals surface area (Å²) in [6.45, 7) is 4.91. The van der Waals surface area contributed by atoms with Crippen LogP contribution in [0.25, 0.3) is 11.3 Å². The van der Waals surface area contributed by atoms with E-state index in [0.717, 1.165) is 25.2 Å². The van der Waals surface area contributed by atoms with E-state index in [1.807, 2.05) is 30.3 Å². The number of benzene rings is 2. The molecule has 0 aliphatic carbocycles. The molecule has 3 aromatic rings. The van der Waals surface area contributed by atoms with Crippen molar-refractivity contribution in [2.75, 3.05) is 19.6 Å². The highest BCUT2D eigenvalue weighted by molar-refractivity contribution is 7.85. The number of carbonyl (C=O) groups is 1. The van der Waals surface area contributed by atoms with Crippen LogP contribution < -0.4 is 5.32 Å². The third-order valence-corrected chi connectivity index (χ3v) is 7.53. The van der Waals surface area contributed by atoms with Crippen LogP contribution in [0.5, 0.6) is 0 Å². The summed E-state index contributed by atoms with van der Waals surface area (Å²) in [5.41, 5.74) is 1.43. The van der Waals surface area contributed by atoms with Crippen molar-refractivity contribution in [3.8, 4) is 11.3 Å². The molecule has 1 atom stereocenters. The molecule has 3 aliphatic rings. The van der Waals surface area contributed by atoms with E-state index in [1.165, 1.54) is 18.9 Å². The normalized spacial score (nSPS) is 21.4. The Morgan fingerprint density at radius 3 is 2.41 bits per heavy atom. The van der Waals surface area contributed by atoms with Gasteiger partial charge in [0.15, 0.2) is 5.76 Å². The van der Waals surface area contributed by atoms with E-state index in [4.69, 9.17) is 20.6 Å². The first-order valence-corrected chi connectivity index (χ1v) is 12.9. The standard InChI is InChI=1S/C18H19ClN2O2.C7H8O3S/c19-14-3-1-2-13(10-14)16-4-5-17(23-16)18(22)20-15-11-21-8-6-12(15)7-9-21;1-6-4-2-3-5-7(6)11(8,9)10/h1-5,10,12,15H,6-9,11H2,(H,20,22);2-5H,1H3,(H,8,9,10)/t15-;/m0./s1. The molecule has 2 bridgehead atoms. The Hall–Kier alpha value is -2.65. The smallest absolute Gasteiger partial charge is 0.294 e. The van der Waals surface area contributed by atoms with Crippen LogP contribution in [0.2, 0.25) is 5.02 Å². The zero-order valence-electron chi connectivity index (χ0n) is 18.8. The van der Waals surface area contributed by atoms with E-state index in [1.54, 1.807) is 31.2 Å². The average Bonchev–Trinajstić information content (AvgIpc) is 3.31. The number of rotatable bonds is 4. The molecule has 34 heavy (non-hydrogen) atoms. The summed E-state index contributed by atoms with van der Waals surface area (Å²) in [5.74, 6) is 1.49. The molecule has 0 spiro atoms. The van der Waals surface area contributed by atoms with Crippen LogP contribution >= 0.6 is 11.6 Å². The fraction of sp³-hybridized carbons (Fsp3) is 0.320. The second-order valence-electron chi connectivity index (χ2n) is 8.63. The van der Waals surface area contributed by atoms with Crippen LogP contribution in [-0.2, 0) is 10.1 Å². The van der Waals surface area contributed by atoms with Gasteiger partial charge in [0.1, 0.15) is 5.76 Å². The summed E-state index contributed by atoms with van der Waals surface area (Å²) >= 11 is 6.00. The highest BCUT2D eigenvalue weighted by Crippen LogP contribution is 2.28. The Kier molecular flexibility index (Phi) is 7.42. The van der Waals surface area contributed by atoms with Crippen molar-refractivity contribution in [3.05, 3.63) is 77.0 Å². The first-order valence-electron chi connectivity index (χ1n) is 11.1. The fourth-order valence-corrected chi connectivity index (χ4v) is 5.39. The first-order chi connectivity index (χ1) is 16.2. The number of aryl methyl sites for hydroxylation is 1. The minimum atomic E-state index is -4.03.